The van der Waals surface area contributed by atoms with Crippen molar-refractivity contribution in [2.24, 2.45) is 0 Å². The minimum atomic E-state index is -1.05. The molecule has 0 bridgehead atoms. The van der Waals surface area contributed by atoms with Crippen LogP contribution in [0.2, 0.25) is 0 Å². The molecular weight excluding hydrogens is 362 g/mol. The van der Waals surface area contributed by atoms with E-state index in [4.69, 9.17) is 4.42 Å². The third-order valence-electron chi connectivity index (χ3n) is 5.09. The first-order valence-electron chi connectivity index (χ1n) is 9.03. The number of oxazole rings is 1. The Balaban J connectivity index is 1.41. The van der Waals surface area contributed by atoms with Gasteiger partial charge in [0.2, 0.25) is 5.95 Å². The highest BCUT2D eigenvalue weighted by Gasteiger charge is 2.24. The zero-order valence-corrected chi connectivity index (χ0v) is 16.6. The third kappa shape index (κ3) is 3.78. The molecule has 0 spiro atoms. The molecule has 1 aromatic carbocycles. The molecule has 1 saturated heterocycles. The van der Waals surface area contributed by atoms with Crippen LogP contribution in [0.4, 0.5) is 5.95 Å². The highest BCUT2D eigenvalue weighted by Crippen LogP contribution is 2.26. The maximum absolute atomic E-state index is 11.5. The van der Waals surface area contributed by atoms with Crippen molar-refractivity contribution in [3.63, 3.8) is 0 Å². The number of aryl methyl sites for hydroxylation is 1. The van der Waals surface area contributed by atoms with Crippen molar-refractivity contribution in [2.75, 3.05) is 37.3 Å². The molecule has 7 nitrogen and oxygen atoms in total. The van der Waals surface area contributed by atoms with E-state index in [2.05, 4.69) is 43.8 Å². The molecule has 1 fully saturated rings. The van der Waals surface area contributed by atoms with E-state index in [1.165, 1.54) is 5.56 Å². The molecule has 3 heterocycles. The Morgan fingerprint density at radius 3 is 2.52 bits per heavy atom. The molecule has 0 amide bonds. The predicted molar refractivity (Wildman–Crippen MR) is 105 cm³/mol. The number of piperazine rings is 1. The monoisotopic (exact) mass is 385 g/mol. The molecule has 1 aliphatic heterocycles. The van der Waals surface area contributed by atoms with Crippen LogP contribution >= 0.6 is 0 Å². The van der Waals surface area contributed by atoms with Crippen molar-refractivity contribution in [3.8, 4) is 0 Å². The van der Waals surface area contributed by atoms with Gasteiger partial charge in [-0.2, -0.15) is 0 Å². The van der Waals surface area contributed by atoms with E-state index < -0.39 is 11.2 Å². The van der Waals surface area contributed by atoms with E-state index in [0.29, 0.717) is 22.8 Å². The quantitative estimate of drug-likeness (QED) is 0.638. The number of aromatic nitrogens is 3. The van der Waals surface area contributed by atoms with E-state index in [1.807, 2.05) is 13.0 Å². The number of benzene rings is 1. The first-order chi connectivity index (χ1) is 13.0. The average Bonchev–Trinajstić information content (AvgIpc) is 3.07. The van der Waals surface area contributed by atoms with Crippen molar-refractivity contribution in [3.05, 3.63) is 42.0 Å². The van der Waals surface area contributed by atoms with Gasteiger partial charge in [0.1, 0.15) is 11.8 Å². The molecular formula is C19H23N5O2S. The SMILES string of the molecule is Cc1nc2cc(C(C)N3CCN(c4ncc([S+](C)[O-])cn4)CC3)ccc2o1. The van der Waals surface area contributed by atoms with Crippen molar-refractivity contribution < 1.29 is 8.97 Å². The summed E-state index contributed by atoms with van der Waals surface area (Å²) in [6.07, 6.45) is 4.95. The molecule has 4 rings (SSSR count). The molecule has 27 heavy (non-hydrogen) atoms. The Morgan fingerprint density at radius 2 is 1.85 bits per heavy atom. The molecule has 2 aromatic heterocycles. The number of hydrogen-bond acceptors (Lipinski definition) is 7. The maximum Gasteiger partial charge on any atom is 0.225 e. The summed E-state index contributed by atoms with van der Waals surface area (Å²) in [6.45, 7) is 7.69. The van der Waals surface area contributed by atoms with Crippen molar-refractivity contribution >= 4 is 28.2 Å². The zero-order valence-electron chi connectivity index (χ0n) is 15.8. The molecule has 2 atom stereocenters. The lowest BCUT2D eigenvalue weighted by Gasteiger charge is -2.38. The van der Waals surface area contributed by atoms with Gasteiger partial charge in [-0.05, 0) is 35.8 Å². The second-order valence-electron chi connectivity index (χ2n) is 6.83. The summed E-state index contributed by atoms with van der Waals surface area (Å²) in [6, 6.07) is 6.55. The van der Waals surface area contributed by atoms with Crippen LogP contribution in [0.1, 0.15) is 24.4 Å². The van der Waals surface area contributed by atoms with Crippen LogP contribution in [0.25, 0.3) is 11.1 Å². The number of nitrogens with zero attached hydrogens (tertiary/aromatic N) is 5. The molecule has 8 heteroatoms. The fourth-order valence-corrected chi connectivity index (χ4v) is 3.86. The van der Waals surface area contributed by atoms with Gasteiger partial charge >= 0.3 is 0 Å². The van der Waals surface area contributed by atoms with Crippen LogP contribution in [0.5, 0.6) is 0 Å². The van der Waals surface area contributed by atoms with Gasteiger partial charge in [-0.15, -0.1) is 0 Å². The number of anilines is 1. The first kappa shape index (κ1) is 18.2. The van der Waals surface area contributed by atoms with Gasteiger partial charge in [0.25, 0.3) is 0 Å². The first-order valence-corrected chi connectivity index (χ1v) is 10.6. The number of hydrogen-bond donors (Lipinski definition) is 0. The summed E-state index contributed by atoms with van der Waals surface area (Å²) in [7, 11) is 0. The van der Waals surface area contributed by atoms with E-state index in [9.17, 15) is 4.55 Å². The van der Waals surface area contributed by atoms with Gasteiger partial charge < -0.3 is 13.9 Å². The molecule has 0 N–H and O–H groups in total. The summed E-state index contributed by atoms with van der Waals surface area (Å²) < 4.78 is 17.0. The average molecular weight is 385 g/mol. The van der Waals surface area contributed by atoms with Crippen molar-refractivity contribution in [2.45, 2.75) is 24.8 Å². The molecule has 1 aliphatic rings. The molecule has 0 aliphatic carbocycles. The Labute approximate surface area is 161 Å². The fraction of sp³-hybridized carbons (Fsp3) is 0.421. The van der Waals surface area contributed by atoms with Crippen LogP contribution in [0.3, 0.4) is 0 Å². The summed E-state index contributed by atoms with van der Waals surface area (Å²) in [4.78, 5) is 18.5. The van der Waals surface area contributed by atoms with Crippen molar-refractivity contribution in [1.82, 2.24) is 19.9 Å². The van der Waals surface area contributed by atoms with Crippen LogP contribution in [-0.2, 0) is 11.2 Å². The predicted octanol–water partition coefficient (Wildman–Crippen LogP) is 2.55. The largest absolute Gasteiger partial charge is 0.612 e. The number of rotatable bonds is 4. The molecule has 0 saturated carbocycles. The molecule has 3 aromatic rings. The van der Waals surface area contributed by atoms with Crippen LogP contribution < -0.4 is 4.90 Å². The van der Waals surface area contributed by atoms with E-state index >= 15 is 0 Å². The van der Waals surface area contributed by atoms with Gasteiger partial charge in [-0.3, -0.25) is 4.90 Å². The third-order valence-corrected chi connectivity index (χ3v) is 5.97. The second-order valence-corrected chi connectivity index (χ2v) is 8.21. The minimum absolute atomic E-state index is 0.305. The van der Waals surface area contributed by atoms with Gasteiger partial charge in [0.05, 0.1) is 12.4 Å². The smallest absolute Gasteiger partial charge is 0.225 e. The van der Waals surface area contributed by atoms with Gasteiger partial charge in [-0.25, -0.2) is 15.0 Å². The van der Waals surface area contributed by atoms with Gasteiger partial charge in [0, 0.05) is 39.1 Å². The highest BCUT2D eigenvalue weighted by molar-refractivity contribution is 7.90. The normalized spacial score (nSPS) is 18.0. The lowest BCUT2D eigenvalue weighted by molar-refractivity contribution is 0.198. The topological polar surface area (TPSA) is 81.4 Å². The minimum Gasteiger partial charge on any atom is -0.612 e. The zero-order chi connectivity index (χ0) is 19.0. The maximum atomic E-state index is 11.5. The fourth-order valence-electron chi connectivity index (χ4n) is 3.46. The summed E-state index contributed by atoms with van der Waals surface area (Å²) in [5, 5.41) is 0. The van der Waals surface area contributed by atoms with E-state index in [1.54, 1.807) is 18.6 Å². The number of fused-ring (bicyclic) bond motifs is 1. The Bertz CT molecular complexity index is 919. The lowest BCUT2D eigenvalue weighted by Crippen LogP contribution is -2.47. The van der Waals surface area contributed by atoms with Crippen LogP contribution in [0.15, 0.2) is 39.9 Å². The van der Waals surface area contributed by atoms with Crippen LogP contribution in [-0.4, -0.2) is 56.8 Å². The van der Waals surface area contributed by atoms with E-state index in [0.717, 1.165) is 37.3 Å². The Morgan fingerprint density at radius 1 is 1.15 bits per heavy atom. The standard InChI is InChI=1S/C19H23N5O2S/c1-13(15-4-5-18-17(10-15)22-14(2)26-18)23-6-8-24(9-7-23)19-20-11-16(12-21-19)27(3)25/h4-5,10-13H,6-9H2,1-3H3. The van der Waals surface area contributed by atoms with Gasteiger partial charge in [-0.1, -0.05) is 6.07 Å². The highest BCUT2D eigenvalue weighted by atomic mass is 32.2. The molecule has 142 valence electrons. The Hall–Kier alpha value is -2.16. The summed E-state index contributed by atoms with van der Waals surface area (Å²) in [5.74, 6) is 1.40. The summed E-state index contributed by atoms with van der Waals surface area (Å²) in [5.41, 5.74) is 2.99. The lowest BCUT2D eigenvalue weighted by atomic mass is 10.1. The van der Waals surface area contributed by atoms with E-state index in [-0.39, 0.29) is 0 Å². The molecule has 2 unspecified atom stereocenters. The van der Waals surface area contributed by atoms with Gasteiger partial charge in [0.15, 0.2) is 16.4 Å². The van der Waals surface area contributed by atoms with Crippen LogP contribution in [0, 0.1) is 6.92 Å². The summed E-state index contributed by atoms with van der Waals surface area (Å²) >= 11 is -1.05. The Kier molecular flexibility index (Phi) is 5.03. The molecule has 0 radical (unpaired) electrons. The van der Waals surface area contributed by atoms with Crippen molar-refractivity contribution in [1.29, 1.82) is 0 Å². The second kappa shape index (κ2) is 7.46.